The summed E-state index contributed by atoms with van der Waals surface area (Å²) >= 11 is 0. The Bertz CT molecular complexity index is 927. The fraction of sp³-hybridized carbons (Fsp3) is 0.286. The van der Waals surface area contributed by atoms with Gasteiger partial charge in [0.25, 0.3) is 11.8 Å². The zero-order chi connectivity index (χ0) is 21.5. The summed E-state index contributed by atoms with van der Waals surface area (Å²) in [5, 5.41) is 5.17. The molecule has 1 aliphatic rings. The van der Waals surface area contributed by atoms with Gasteiger partial charge < -0.3 is 29.6 Å². The Morgan fingerprint density at radius 2 is 1.80 bits per heavy atom. The van der Waals surface area contributed by atoms with Crippen molar-refractivity contribution >= 4 is 17.8 Å². The number of nitrogens with one attached hydrogen (secondary N) is 2. The van der Waals surface area contributed by atoms with Gasteiger partial charge in [-0.15, -0.1) is 0 Å². The highest BCUT2D eigenvalue weighted by atomic mass is 16.7. The van der Waals surface area contributed by atoms with Crippen LogP contribution in [0.1, 0.15) is 28.9 Å². The SMILES string of the molecule is COc1ccc(C(=O)NCC(=O)OCC(=O)N[C@@H](C)c2ccc3c(c2)OCO3)cc1. The predicted molar refractivity (Wildman–Crippen MR) is 105 cm³/mol. The van der Waals surface area contributed by atoms with Crippen molar-refractivity contribution in [2.75, 3.05) is 27.1 Å². The van der Waals surface area contributed by atoms with Gasteiger partial charge in [0.2, 0.25) is 6.79 Å². The van der Waals surface area contributed by atoms with Crippen LogP contribution in [0.15, 0.2) is 42.5 Å². The number of benzene rings is 2. The van der Waals surface area contributed by atoms with Crippen molar-refractivity contribution in [3.8, 4) is 17.2 Å². The average Bonchev–Trinajstić information content (AvgIpc) is 3.24. The molecule has 0 bridgehead atoms. The van der Waals surface area contributed by atoms with Crippen molar-refractivity contribution in [1.29, 1.82) is 0 Å². The van der Waals surface area contributed by atoms with Gasteiger partial charge in [-0.2, -0.15) is 0 Å². The highest BCUT2D eigenvalue weighted by Gasteiger charge is 2.17. The molecule has 0 unspecified atom stereocenters. The monoisotopic (exact) mass is 414 g/mol. The van der Waals surface area contributed by atoms with Gasteiger partial charge in [-0.3, -0.25) is 14.4 Å². The van der Waals surface area contributed by atoms with Crippen LogP contribution in [0, 0.1) is 0 Å². The lowest BCUT2D eigenvalue weighted by atomic mass is 10.1. The van der Waals surface area contributed by atoms with Gasteiger partial charge in [-0.25, -0.2) is 0 Å². The lowest BCUT2D eigenvalue weighted by Gasteiger charge is -2.15. The molecule has 2 aromatic carbocycles. The number of methoxy groups -OCH3 is 1. The van der Waals surface area contributed by atoms with Gasteiger partial charge in [0.05, 0.1) is 13.2 Å². The van der Waals surface area contributed by atoms with E-state index in [-0.39, 0.29) is 19.4 Å². The van der Waals surface area contributed by atoms with Crippen LogP contribution in [-0.2, 0) is 14.3 Å². The number of rotatable bonds is 8. The summed E-state index contributed by atoms with van der Waals surface area (Å²) in [5.74, 6) is 0.274. The Morgan fingerprint density at radius 1 is 1.07 bits per heavy atom. The van der Waals surface area contributed by atoms with Gasteiger partial charge >= 0.3 is 5.97 Å². The molecule has 0 aliphatic carbocycles. The van der Waals surface area contributed by atoms with Crippen LogP contribution in [0.5, 0.6) is 17.2 Å². The highest BCUT2D eigenvalue weighted by Crippen LogP contribution is 2.34. The lowest BCUT2D eigenvalue weighted by Crippen LogP contribution is -2.34. The van der Waals surface area contributed by atoms with E-state index in [4.69, 9.17) is 18.9 Å². The molecule has 0 aromatic heterocycles. The van der Waals surface area contributed by atoms with Gasteiger partial charge in [0.15, 0.2) is 18.1 Å². The zero-order valence-electron chi connectivity index (χ0n) is 16.6. The number of ether oxygens (including phenoxy) is 4. The number of carbonyl (C=O) groups excluding carboxylic acids is 3. The first-order chi connectivity index (χ1) is 14.5. The zero-order valence-corrected chi connectivity index (χ0v) is 16.6. The largest absolute Gasteiger partial charge is 0.497 e. The Kier molecular flexibility index (Phi) is 6.74. The molecular weight excluding hydrogens is 392 g/mol. The van der Waals surface area contributed by atoms with Crippen LogP contribution in [0.25, 0.3) is 0 Å². The third-order valence-electron chi connectivity index (χ3n) is 4.38. The molecule has 2 aromatic rings. The van der Waals surface area contributed by atoms with E-state index in [9.17, 15) is 14.4 Å². The number of carbonyl (C=O) groups is 3. The van der Waals surface area contributed by atoms with E-state index in [1.165, 1.54) is 7.11 Å². The van der Waals surface area contributed by atoms with E-state index in [2.05, 4.69) is 10.6 Å². The second kappa shape index (κ2) is 9.64. The minimum atomic E-state index is -0.720. The average molecular weight is 414 g/mol. The van der Waals surface area contributed by atoms with Crippen LogP contribution in [0.4, 0.5) is 0 Å². The number of hydrogen-bond donors (Lipinski definition) is 2. The third kappa shape index (κ3) is 5.40. The third-order valence-corrected chi connectivity index (χ3v) is 4.38. The molecule has 3 rings (SSSR count). The number of amides is 2. The van der Waals surface area contributed by atoms with Gasteiger partial charge in [0, 0.05) is 5.56 Å². The fourth-order valence-electron chi connectivity index (χ4n) is 2.74. The Labute approximate surface area is 173 Å². The molecule has 0 radical (unpaired) electrons. The Hall–Kier alpha value is -3.75. The first-order valence-corrected chi connectivity index (χ1v) is 9.23. The van der Waals surface area contributed by atoms with Crippen molar-refractivity contribution in [3.63, 3.8) is 0 Å². The predicted octanol–water partition coefficient (Wildman–Crippen LogP) is 1.57. The molecule has 1 heterocycles. The minimum absolute atomic E-state index is 0.171. The number of hydrogen-bond acceptors (Lipinski definition) is 7. The smallest absolute Gasteiger partial charge is 0.325 e. The molecule has 1 atom stereocenters. The van der Waals surface area contributed by atoms with Crippen molar-refractivity contribution in [2.24, 2.45) is 0 Å². The maximum atomic E-state index is 12.0. The maximum Gasteiger partial charge on any atom is 0.325 e. The van der Waals surface area contributed by atoms with Crippen LogP contribution >= 0.6 is 0 Å². The van der Waals surface area contributed by atoms with Crippen LogP contribution < -0.4 is 24.8 Å². The molecule has 1 aliphatic heterocycles. The molecule has 158 valence electrons. The second-order valence-electron chi connectivity index (χ2n) is 6.47. The van der Waals surface area contributed by atoms with Crippen molar-refractivity contribution in [1.82, 2.24) is 10.6 Å². The first kappa shape index (κ1) is 21.0. The molecular formula is C21H22N2O7. The molecule has 0 fully saturated rings. The molecule has 0 spiro atoms. The molecule has 0 saturated heterocycles. The molecule has 0 saturated carbocycles. The van der Waals surface area contributed by atoms with Gasteiger partial charge in [-0.1, -0.05) is 6.07 Å². The lowest BCUT2D eigenvalue weighted by molar-refractivity contribution is -0.147. The quantitative estimate of drug-likeness (QED) is 0.631. The number of fused-ring (bicyclic) bond motifs is 1. The van der Waals surface area contributed by atoms with E-state index in [0.717, 1.165) is 5.56 Å². The van der Waals surface area contributed by atoms with Crippen LogP contribution in [-0.4, -0.2) is 44.8 Å². The van der Waals surface area contributed by atoms with Gasteiger partial charge in [-0.05, 0) is 48.9 Å². The summed E-state index contributed by atoms with van der Waals surface area (Å²) < 4.78 is 20.5. The van der Waals surface area contributed by atoms with Crippen molar-refractivity contribution in [2.45, 2.75) is 13.0 Å². The summed E-state index contributed by atoms with van der Waals surface area (Å²) in [7, 11) is 1.52. The molecule has 9 nitrogen and oxygen atoms in total. The maximum absolute atomic E-state index is 12.0. The highest BCUT2D eigenvalue weighted by molar-refractivity contribution is 5.96. The van der Waals surface area contributed by atoms with Crippen molar-refractivity contribution < 1.29 is 33.3 Å². The minimum Gasteiger partial charge on any atom is -0.497 e. The van der Waals surface area contributed by atoms with E-state index >= 15 is 0 Å². The Morgan fingerprint density at radius 3 is 2.53 bits per heavy atom. The molecule has 30 heavy (non-hydrogen) atoms. The summed E-state index contributed by atoms with van der Waals surface area (Å²) in [4.78, 5) is 35.9. The van der Waals surface area contributed by atoms with E-state index in [1.54, 1.807) is 43.3 Å². The van der Waals surface area contributed by atoms with E-state index < -0.39 is 24.4 Å². The number of esters is 1. The van der Waals surface area contributed by atoms with Crippen molar-refractivity contribution in [3.05, 3.63) is 53.6 Å². The van der Waals surface area contributed by atoms with Gasteiger partial charge in [0.1, 0.15) is 12.3 Å². The first-order valence-electron chi connectivity index (χ1n) is 9.23. The van der Waals surface area contributed by atoms with Crippen LogP contribution in [0.3, 0.4) is 0 Å². The van der Waals surface area contributed by atoms with E-state index in [0.29, 0.717) is 22.8 Å². The van der Waals surface area contributed by atoms with Crippen LogP contribution in [0.2, 0.25) is 0 Å². The second-order valence-corrected chi connectivity index (χ2v) is 6.47. The summed E-state index contributed by atoms with van der Waals surface area (Å²) in [6, 6.07) is 11.5. The summed E-state index contributed by atoms with van der Waals surface area (Å²) in [6.45, 7) is 1.17. The summed E-state index contributed by atoms with van der Waals surface area (Å²) in [6.07, 6.45) is 0. The summed E-state index contributed by atoms with van der Waals surface area (Å²) in [5.41, 5.74) is 1.20. The normalized spacial score (nSPS) is 12.6. The molecule has 9 heteroatoms. The fourth-order valence-corrected chi connectivity index (χ4v) is 2.74. The molecule has 2 amide bonds. The van der Waals surface area contributed by atoms with E-state index in [1.807, 2.05) is 6.07 Å². The molecule has 2 N–H and O–H groups in total. The Balaban J connectivity index is 1.39. The standard InChI is InChI=1S/C21H22N2O7/c1-13(15-5-8-17-18(9-15)30-12-29-17)23-19(24)11-28-20(25)10-22-21(26)14-3-6-16(27-2)7-4-14/h3-9,13H,10-12H2,1-2H3,(H,22,26)(H,23,24)/t13-/m0/s1. The topological polar surface area (TPSA) is 112 Å².